The summed E-state index contributed by atoms with van der Waals surface area (Å²) in [4.78, 5) is 16.9. The first kappa shape index (κ1) is 19.5. The number of hydrogen-bond donors (Lipinski definition) is 1. The van der Waals surface area contributed by atoms with Gasteiger partial charge in [0.1, 0.15) is 0 Å². The third-order valence-electron chi connectivity index (χ3n) is 5.07. The van der Waals surface area contributed by atoms with Gasteiger partial charge in [0.15, 0.2) is 0 Å². The number of nitrogens with one attached hydrogen (secondary N) is 1. The van der Waals surface area contributed by atoms with Crippen LogP contribution in [0.15, 0.2) is 18.2 Å². The first-order valence-electron chi connectivity index (χ1n) is 8.96. The Labute approximate surface area is 156 Å². The Kier molecular flexibility index (Phi) is 6.10. The fourth-order valence-corrected chi connectivity index (χ4v) is 3.93. The molecule has 0 bridgehead atoms. The summed E-state index contributed by atoms with van der Waals surface area (Å²) in [5.41, 5.74) is -0.830. The zero-order valence-electron chi connectivity index (χ0n) is 14.5. The number of anilines is 1. The molecule has 1 unspecified atom stereocenters. The molecule has 1 atom stereocenters. The van der Waals surface area contributed by atoms with Crippen LogP contribution in [0.3, 0.4) is 0 Å². The molecule has 0 saturated carbocycles. The Morgan fingerprint density at radius 2 is 1.92 bits per heavy atom. The molecule has 1 aromatic rings. The lowest BCUT2D eigenvalue weighted by Gasteiger charge is -2.37. The van der Waals surface area contributed by atoms with Crippen molar-refractivity contribution in [3.63, 3.8) is 0 Å². The summed E-state index contributed by atoms with van der Waals surface area (Å²) in [6.07, 6.45) is 0.145. The van der Waals surface area contributed by atoms with Gasteiger partial charge in [-0.05, 0) is 63.5 Å². The summed E-state index contributed by atoms with van der Waals surface area (Å²) in [6.45, 7) is 4.05. The molecule has 2 heterocycles. The maximum absolute atomic E-state index is 12.8. The molecule has 2 aliphatic heterocycles. The Bertz CT molecular complexity index is 647. The molecular weight excluding hydrogens is 367 g/mol. The van der Waals surface area contributed by atoms with E-state index in [1.165, 1.54) is 12.8 Å². The molecule has 8 heteroatoms. The molecule has 1 amide bonds. The Morgan fingerprint density at radius 1 is 1.19 bits per heavy atom. The van der Waals surface area contributed by atoms with Crippen molar-refractivity contribution in [2.24, 2.45) is 0 Å². The van der Waals surface area contributed by atoms with Crippen LogP contribution < -0.4 is 5.32 Å². The largest absolute Gasteiger partial charge is 0.416 e. The number of halogens is 4. The Hall–Kier alpha value is -1.31. The fraction of sp³-hybridized carbons (Fsp3) is 0.611. The highest BCUT2D eigenvalue weighted by atomic mass is 35.5. The molecule has 0 aromatic heterocycles. The van der Waals surface area contributed by atoms with E-state index in [9.17, 15) is 18.0 Å². The van der Waals surface area contributed by atoms with Crippen molar-refractivity contribution < 1.29 is 18.0 Å². The van der Waals surface area contributed by atoms with Gasteiger partial charge in [-0.3, -0.25) is 14.6 Å². The van der Waals surface area contributed by atoms with Crippen molar-refractivity contribution >= 4 is 23.2 Å². The molecule has 4 nitrogen and oxygen atoms in total. The molecule has 0 spiro atoms. The summed E-state index contributed by atoms with van der Waals surface area (Å²) in [5, 5.41) is 2.63. The van der Waals surface area contributed by atoms with Crippen LogP contribution in [0.1, 0.15) is 31.2 Å². The first-order valence-corrected chi connectivity index (χ1v) is 9.34. The molecule has 0 radical (unpaired) electrons. The number of likely N-dealkylation sites (tertiary alicyclic amines) is 2. The number of benzene rings is 1. The number of nitrogens with zero attached hydrogens (tertiary/aromatic N) is 2. The second kappa shape index (κ2) is 8.15. The third-order valence-corrected chi connectivity index (χ3v) is 5.40. The van der Waals surface area contributed by atoms with Crippen LogP contribution in [0.2, 0.25) is 5.02 Å². The molecule has 26 heavy (non-hydrogen) atoms. The van der Waals surface area contributed by atoms with Crippen LogP contribution in [0.25, 0.3) is 0 Å². The normalized spacial score (nSPS) is 22.5. The molecule has 2 saturated heterocycles. The highest BCUT2D eigenvalue weighted by molar-refractivity contribution is 6.33. The Morgan fingerprint density at radius 3 is 2.62 bits per heavy atom. The third kappa shape index (κ3) is 4.90. The predicted molar refractivity (Wildman–Crippen MR) is 95.4 cm³/mol. The van der Waals surface area contributed by atoms with Gasteiger partial charge in [-0.15, -0.1) is 0 Å². The first-order chi connectivity index (χ1) is 12.3. The van der Waals surface area contributed by atoms with Crippen molar-refractivity contribution in [2.45, 2.75) is 37.9 Å². The number of carbonyl (C=O) groups excluding carboxylic acids is 1. The highest BCUT2D eigenvalue weighted by Crippen LogP contribution is 2.33. The van der Waals surface area contributed by atoms with Crippen LogP contribution in [-0.4, -0.2) is 54.5 Å². The van der Waals surface area contributed by atoms with Crippen LogP contribution in [-0.2, 0) is 11.0 Å². The number of carbonyl (C=O) groups is 1. The smallest absolute Gasteiger partial charge is 0.324 e. The highest BCUT2D eigenvalue weighted by Gasteiger charge is 2.31. The second-order valence-corrected chi connectivity index (χ2v) is 7.42. The summed E-state index contributed by atoms with van der Waals surface area (Å²) >= 11 is 5.94. The topological polar surface area (TPSA) is 35.6 Å². The van der Waals surface area contributed by atoms with Gasteiger partial charge in [0.2, 0.25) is 5.91 Å². The quantitative estimate of drug-likeness (QED) is 0.849. The fourth-order valence-electron chi connectivity index (χ4n) is 3.77. The number of hydrogen-bond acceptors (Lipinski definition) is 3. The van der Waals surface area contributed by atoms with Crippen molar-refractivity contribution in [1.82, 2.24) is 9.80 Å². The second-order valence-electron chi connectivity index (χ2n) is 7.01. The van der Waals surface area contributed by atoms with Gasteiger partial charge >= 0.3 is 6.18 Å². The monoisotopic (exact) mass is 389 g/mol. The minimum atomic E-state index is -4.47. The summed E-state index contributed by atoms with van der Waals surface area (Å²) in [6, 6.07) is 3.41. The minimum Gasteiger partial charge on any atom is -0.324 e. The van der Waals surface area contributed by atoms with Gasteiger partial charge in [0.05, 0.1) is 22.8 Å². The molecule has 1 aromatic carbocycles. The molecule has 0 aliphatic carbocycles. The van der Waals surface area contributed by atoms with Gasteiger partial charge in [0.25, 0.3) is 0 Å². The van der Waals surface area contributed by atoms with Gasteiger partial charge in [0, 0.05) is 12.6 Å². The lowest BCUT2D eigenvalue weighted by Crippen LogP contribution is -2.48. The van der Waals surface area contributed by atoms with Gasteiger partial charge in [-0.2, -0.15) is 13.2 Å². The van der Waals surface area contributed by atoms with E-state index in [0.29, 0.717) is 6.04 Å². The summed E-state index contributed by atoms with van der Waals surface area (Å²) < 4.78 is 38.5. The van der Waals surface area contributed by atoms with Crippen LogP contribution in [0.5, 0.6) is 0 Å². The maximum atomic E-state index is 12.8. The van der Waals surface area contributed by atoms with Crippen molar-refractivity contribution in [1.29, 1.82) is 0 Å². The van der Waals surface area contributed by atoms with Gasteiger partial charge in [-0.1, -0.05) is 11.6 Å². The minimum absolute atomic E-state index is 0.000376. The zero-order valence-corrected chi connectivity index (χ0v) is 15.2. The van der Waals surface area contributed by atoms with E-state index < -0.39 is 11.7 Å². The average Bonchev–Trinajstić information content (AvgIpc) is 3.10. The van der Waals surface area contributed by atoms with E-state index in [1.54, 1.807) is 0 Å². The molecule has 3 rings (SSSR count). The lowest BCUT2D eigenvalue weighted by atomic mass is 10.0. The van der Waals surface area contributed by atoms with Crippen molar-refractivity contribution in [3.05, 3.63) is 28.8 Å². The molecule has 144 valence electrons. The molecule has 2 fully saturated rings. The van der Waals surface area contributed by atoms with E-state index in [1.807, 2.05) is 0 Å². The zero-order chi connectivity index (χ0) is 18.7. The van der Waals surface area contributed by atoms with Crippen molar-refractivity contribution in [2.75, 3.05) is 38.0 Å². The average molecular weight is 390 g/mol. The van der Waals surface area contributed by atoms with Crippen LogP contribution >= 0.6 is 11.6 Å². The number of amides is 1. The van der Waals surface area contributed by atoms with E-state index in [2.05, 4.69) is 15.1 Å². The van der Waals surface area contributed by atoms with Crippen molar-refractivity contribution in [3.8, 4) is 0 Å². The van der Waals surface area contributed by atoms with Gasteiger partial charge in [-0.25, -0.2) is 0 Å². The molecular formula is C18H23ClF3N3O. The van der Waals surface area contributed by atoms with Crippen LogP contribution in [0, 0.1) is 0 Å². The van der Waals surface area contributed by atoms with E-state index in [-0.39, 0.29) is 23.2 Å². The summed E-state index contributed by atoms with van der Waals surface area (Å²) in [7, 11) is 0. The van der Waals surface area contributed by atoms with Crippen LogP contribution in [0.4, 0.5) is 18.9 Å². The SMILES string of the molecule is O=C(CN1CCCC(N2CCCC2)C1)Nc1cc(C(F)(F)F)ccc1Cl. The number of alkyl halides is 3. The predicted octanol–water partition coefficient (Wildman–Crippen LogP) is 3.86. The standard InChI is InChI=1S/C18H23ClF3N3O/c19-15-6-5-13(18(20,21)22)10-16(15)23-17(26)12-24-7-3-4-14(11-24)25-8-1-2-9-25/h5-6,10,14H,1-4,7-9,11-12H2,(H,23,26). The van der Waals surface area contributed by atoms with E-state index in [0.717, 1.165) is 57.2 Å². The number of piperidine rings is 1. The molecule has 2 aliphatic rings. The number of rotatable bonds is 4. The Balaban J connectivity index is 1.58. The summed E-state index contributed by atoms with van der Waals surface area (Å²) in [5.74, 6) is -0.340. The van der Waals surface area contributed by atoms with Gasteiger partial charge < -0.3 is 5.32 Å². The maximum Gasteiger partial charge on any atom is 0.416 e. The lowest BCUT2D eigenvalue weighted by molar-refractivity contribution is -0.137. The molecule has 1 N–H and O–H groups in total. The van der Waals surface area contributed by atoms with E-state index >= 15 is 0 Å². The van der Waals surface area contributed by atoms with E-state index in [4.69, 9.17) is 11.6 Å².